The van der Waals surface area contributed by atoms with Gasteiger partial charge < -0.3 is 0 Å². The summed E-state index contributed by atoms with van der Waals surface area (Å²) in [5.41, 5.74) is 6.41. The molecule has 2 aromatic carbocycles. The van der Waals surface area contributed by atoms with Gasteiger partial charge in [0.25, 0.3) is 11.8 Å². The number of amides is 2. The lowest BCUT2D eigenvalue weighted by atomic mass is 10.1. The lowest BCUT2D eigenvalue weighted by molar-refractivity contribution is -0.117. The Bertz CT molecular complexity index is 682. The van der Waals surface area contributed by atoms with E-state index in [2.05, 4.69) is 17.8 Å². The van der Waals surface area contributed by atoms with Crippen molar-refractivity contribution in [3.05, 3.63) is 77.2 Å². The molecule has 2 N–H and O–H groups in total. The molecule has 4 nitrogen and oxygen atoms in total. The van der Waals surface area contributed by atoms with Gasteiger partial charge in [-0.25, -0.2) is 0 Å². The summed E-state index contributed by atoms with van der Waals surface area (Å²) >= 11 is 1.43. The third kappa shape index (κ3) is 5.64. The van der Waals surface area contributed by atoms with Gasteiger partial charge in [-0.1, -0.05) is 49.0 Å². The number of nitrogens with one attached hydrogen (secondary N) is 2. The summed E-state index contributed by atoms with van der Waals surface area (Å²) in [5.74, 6) is -0.725. The van der Waals surface area contributed by atoms with E-state index in [0.29, 0.717) is 5.56 Å². The summed E-state index contributed by atoms with van der Waals surface area (Å²) in [6, 6.07) is 17.0. The molecule has 0 aliphatic carbocycles. The van der Waals surface area contributed by atoms with Crippen LogP contribution in [0.1, 0.15) is 22.8 Å². The normalized spacial score (nSPS) is 10.5. The van der Waals surface area contributed by atoms with Gasteiger partial charge in [0.2, 0.25) is 0 Å². The van der Waals surface area contributed by atoms with Gasteiger partial charge in [-0.05, 0) is 41.7 Å². The van der Waals surface area contributed by atoms with Crippen molar-refractivity contribution in [1.29, 1.82) is 0 Å². The van der Waals surface area contributed by atoms with Gasteiger partial charge in [-0.2, -0.15) is 0 Å². The number of hydrazine groups is 1. The van der Waals surface area contributed by atoms with Crippen LogP contribution < -0.4 is 10.9 Å². The quantitative estimate of drug-likeness (QED) is 0.503. The van der Waals surface area contributed by atoms with Gasteiger partial charge >= 0.3 is 0 Å². The Morgan fingerprint density at radius 3 is 2.35 bits per heavy atom. The molecule has 0 heterocycles. The van der Waals surface area contributed by atoms with Gasteiger partial charge in [0, 0.05) is 16.5 Å². The third-order valence-corrected chi connectivity index (χ3v) is 3.91. The molecule has 0 radical (unpaired) electrons. The molecule has 0 bridgehead atoms. The van der Waals surface area contributed by atoms with E-state index in [1.54, 1.807) is 17.5 Å². The zero-order valence-electron chi connectivity index (χ0n) is 12.8. The number of thioether (sulfide) groups is 1. The first kappa shape index (κ1) is 16.8. The van der Waals surface area contributed by atoms with E-state index in [4.69, 9.17) is 0 Å². The van der Waals surface area contributed by atoms with Crippen molar-refractivity contribution in [1.82, 2.24) is 10.9 Å². The summed E-state index contributed by atoms with van der Waals surface area (Å²) in [7, 11) is 0. The molecule has 0 unspecified atom stereocenters. The lowest BCUT2D eigenvalue weighted by Gasteiger charge is -2.05. The van der Waals surface area contributed by atoms with Crippen LogP contribution in [0.3, 0.4) is 0 Å². The largest absolute Gasteiger partial charge is 0.269 e. The third-order valence-electron chi connectivity index (χ3n) is 3.09. The molecule has 0 aromatic heterocycles. The summed E-state index contributed by atoms with van der Waals surface area (Å²) in [5, 5.41) is 1.67. The van der Waals surface area contributed by atoms with Gasteiger partial charge in [0.05, 0.1) is 0 Å². The van der Waals surface area contributed by atoms with E-state index in [-0.39, 0.29) is 11.8 Å². The highest BCUT2D eigenvalue weighted by atomic mass is 32.2. The molecule has 118 valence electrons. The number of benzene rings is 2. The van der Waals surface area contributed by atoms with Gasteiger partial charge in [0.15, 0.2) is 0 Å². The summed E-state index contributed by atoms with van der Waals surface area (Å²) in [4.78, 5) is 24.6. The highest BCUT2D eigenvalue weighted by Crippen LogP contribution is 2.17. The van der Waals surface area contributed by atoms with Crippen molar-refractivity contribution in [2.45, 2.75) is 18.2 Å². The maximum absolute atomic E-state index is 11.9. The van der Waals surface area contributed by atoms with Crippen LogP contribution in [0.2, 0.25) is 0 Å². The van der Waals surface area contributed by atoms with Crippen LogP contribution in [0.15, 0.2) is 71.0 Å². The fourth-order valence-electron chi connectivity index (χ4n) is 1.80. The minimum Gasteiger partial charge on any atom is -0.268 e. The van der Waals surface area contributed by atoms with Crippen molar-refractivity contribution in [2.24, 2.45) is 0 Å². The second-order valence-corrected chi connectivity index (χ2v) is 5.71. The molecule has 0 fully saturated rings. The molecule has 2 amide bonds. The fraction of sp³-hybridized carbons (Fsp3) is 0.111. The predicted octanol–water partition coefficient (Wildman–Crippen LogP) is 3.32. The topological polar surface area (TPSA) is 58.2 Å². The zero-order chi connectivity index (χ0) is 16.5. The van der Waals surface area contributed by atoms with Gasteiger partial charge in [0.1, 0.15) is 0 Å². The van der Waals surface area contributed by atoms with Crippen LogP contribution in [-0.2, 0) is 11.2 Å². The van der Waals surface area contributed by atoms with Crippen molar-refractivity contribution in [2.75, 3.05) is 0 Å². The number of carbonyl (C=O) groups excluding carboxylic acids is 2. The first-order chi connectivity index (χ1) is 11.2. The lowest BCUT2D eigenvalue weighted by Crippen LogP contribution is -2.40. The van der Waals surface area contributed by atoms with Crippen molar-refractivity contribution in [3.63, 3.8) is 0 Å². The Kier molecular flexibility index (Phi) is 6.44. The number of hydrogen-bond donors (Lipinski definition) is 2. The Balaban J connectivity index is 1.78. The number of carbonyl (C=O) groups is 2. The summed E-state index contributed by atoms with van der Waals surface area (Å²) < 4.78 is 0. The van der Waals surface area contributed by atoms with E-state index in [0.717, 1.165) is 16.9 Å². The van der Waals surface area contributed by atoms with Crippen LogP contribution in [-0.4, -0.2) is 11.8 Å². The number of hydrogen-bond acceptors (Lipinski definition) is 3. The average molecular weight is 326 g/mol. The van der Waals surface area contributed by atoms with Crippen molar-refractivity contribution < 1.29 is 9.59 Å². The zero-order valence-corrected chi connectivity index (χ0v) is 13.6. The first-order valence-electron chi connectivity index (χ1n) is 7.26. The molecular formula is C18H18N2O2S. The van der Waals surface area contributed by atoms with E-state index in [9.17, 15) is 9.59 Å². The summed E-state index contributed by atoms with van der Waals surface area (Å²) in [6.45, 7) is 2.05. The second-order valence-electron chi connectivity index (χ2n) is 4.73. The molecule has 23 heavy (non-hydrogen) atoms. The Morgan fingerprint density at radius 2 is 1.70 bits per heavy atom. The van der Waals surface area contributed by atoms with E-state index >= 15 is 0 Å². The van der Waals surface area contributed by atoms with Gasteiger partial charge in [-0.15, -0.1) is 0 Å². The van der Waals surface area contributed by atoms with Crippen LogP contribution in [0.5, 0.6) is 0 Å². The smallest absolute Gasteiger partial charge is 0.268 e. The van der Waals surface area contributed by atoms with Gasteiger partial charge in [-0.3, -0.25) is 20.4 Å². The monoisotopic (exact) mass is 326 g/mol. The standard InChI is InChI=1S/C18H18N2O2S/c1-2-14-8-10-15(11-9-14)18(22)20-19-17(21)12-13-23-16-6-4-3-5-7-16/h3-13H,2H2,1H3,(H,19,21)(H,20,22)/b13-12+. The second kappa shape index (κ2) is 8.80. The first-order valence-corrected chi connectivity index (χ1v) is 8.14. The number of rotatable bonds is 5. The molecular weight excluding hydrogens is 308 g/mol. The molecule has 0 spiro atoms. The van der Waals surface area contributed by atoms with Crippen LogP contribution >= 0.6 is 11.8 Å². The Morgan fingerprint density at radius 1 is 1.00 bits per heavy atom. The van der Waals surface area contributed by atoms with Crippen molar-refractivity contribution in [3.8, 4) is 0 Å². The average Bonchev–Trinajstić information content (AvgIpc) is 2.60. The van der Waals surface area contributed by atoms with Crippen LogP contribution in [0.4, 0.5) is 0 Å². The molecule has 0 aliphatic heterocycles. The number of aryl methyl sites for hydroxylation is 1. The highest BCUT2D eigenvalue weighted by molar-refractivity contribution is 8.02. The van der Waals surface area contributed by atoms with E-state index in [1.165, 1.54) is 17.8 Å². The summed E-state index contributed by atoms with van der Waals surface area (Å²) in [6.07, 6.45) is 2.29. The van der Waals surface area contributed by atoms with Crippen LogP contribution in [0.25, 0.3) is 0 Å². The Labute approximate surface area is 140 Å². The molecule has 5 heteroatoms. The van der Waals surface area contributed by atoms with Crippen molar-refractivity contribution >= 4 is 23.6 Å². The van der Waals surface area contributed by atoms with E-state index < -0.39 is 0 Å². The molecule has 0 aliphatic rings. The predicted molar refractivity (Wildman–Crippen MR) is 92.9 cm³/mol. The minimum absolute atomic E-state index is 0.342. The minimum atomic E-state index is -0.382. The molecule has 0 saturated heterocycles. The highest BCUT2D eigenvalue weighted by Gasteiger charge is 2.05. The molecule has 0 saturated carbocycles. The molecule has 0 atom stereocenters. The molecule has 2 rings (SSSR count). The fourth-order valence-corrected chi connectivity index (χ4v) is 2.46. The maximum atomic E-state index is 11.9. The molecule has 2 aromatic rings. The maximum Gasteiger partial charge on any atom is 0.269 e. The SMILES string of the molecule is CCc1ccc(C(=O)NNC(=O)/C=C/Sc2ccccc2)cc1. The Hall–Kier alpha value is -2.53. The van der Waals surface area contributed by atoms with E-state index in [1.807, 2.05) is 42.5 Å². The van der Waals surface area contributed by atoms with Crippen LogP contribution in [0, 0.1) is 0 Å².